The Morgan fingerprint density at radius 1 is 1.00 bits per heavy atom. The zero-order chi connectivity index (χ0) is 12.5. The Morgan fingerprint density at radius 3 is 2.39 bits per heavy atom. The summed E-state index contributed by atoms with van der Waals surface area (Å²) in [6.07, 6.45) is 0. The number of Topliss-reactive ketones (excluding diaryl/α,β-unsaturated/α-hetero) is 1. The molecule has 0 aliphatic rings. The van der Waals surface area contributed by atoms with Gasteiger partial charge in [-0.1, -0.05) is 30.3 Å². The van der Waals surface area contributed by atoms with Gasteiger partial charge in [0.05, 0.1) is 11.0 Å². The van der Waals surface area contributed by atoms with E-state index in [1.165, 1.54) is 0 Å². The fraction of sp³-hybridized carbons (Fsp3) is 0.0667. The van der Waals surface area contributed by atoms with Crippen LogP contribution in [0.3, 0.4) is 0 Å². The fourth-order valence-corrected chi connectivity index (χ4v) is 2.10. The summed E-state index contributed by atoms with van der Waals surface area (Å²) in [5.74, 6) is 0.442. The summed E-state index contributed by atoms with van der Waals surface area (Å²) in [5, 5.41) is 0. The molecular weight excluding hydrogens is 224 g/mol. The summed E-state index contributed by atoms with van der Waals surface area (Å²) in [4.78, 5) is 16.1. The quantitative estimate of drug-likeness (QED) is 0.640. The molecule has 0 radical (unpaired) electrons. The van der Waals surface area contributed by atoms with E-state index < -0.39 is 0 Å². The van der Waals surface area contributed by atoms with Crippen molar-refractivity contribution in [1.82, 2.24) is 9.55 Å². The van der Waals surface area contributed by atoms with Gasteiger partial charge in [0, 0.05) is 12.6 Å². The van der Waals surface area contributed by atoms with Crippen molar-refractivity contribution in [3.8, 4) is 5.69 Å². The first kappa shape index (κ1) is 10.7. The van der Waals surface area contributed by atoms with Crippen molar-refractivity contribution in [2.45, 2.75) is 6.92 Å². The molecule has 18 heavy (non-hydrogen) atoms. The van der Waals surface area contributed by atoms with Gasteiger partial charge in [0.15, 0.2) is 11.6 Å². The molecule has 1 aromatic heterocycles. The van der Waals surface area contributed by atoms with Crippen molar-refractivity contribution in [1.29, 1.82) is 0 Å². The number of hydrogen-bond donors (Lipinski definition) is 0. The maximum atomic E-state index is 11.7. The topological polar surface area (TPSA) is 34.9 Å². The molecule has 88 valence electrons. The van der Waals surface area contributed by atoms with Gasteiger partial charge in [0.2, 0.25) is 0 Å². The van der Waals surface area contributed by atoms with Crippen LogP contribution >= 0.6 is 0 Å². The van der Waals surface area contributed by atoms with Gasteiger partial charge in [0.25, 0.3) is 0 Å². The van der Waals surface area contributed by atoms with E-state index in [2.05, 4.69) is 4.98 Å². The molecule has 0 saturated carbocycles. The van der Waals surface area contributed by atoms with Crippen LogP contribution in [0, 0.1) is 0 Å². The lowest BCUT2D eigenvalue weighted by atomic mass is 10.2. The number of carbonyl (C=O) groups excluding carboxylic acids is 1. The van der Waals surface area contributed by atoms with E-state index in [0.717, 1.165) is 16.7 Å². The molecule has 3 heteroatoms. The first-order valence-electron chi connectivity index (χ1n) is 5.81. The van der Waals surface area contributed by atoms with Gasteiger partial charge >= 0.3 is 0 Å². The molecule has 0 unspecified atom stereocenters. The second kappa shape index (κ2) is 4.11. The third kappa shape index (κ3) is 1.61. The number of imidazole rings is 1. The third-order valence-corrected chi connectivity index (χ3v) is 2.89. The number of benzene rings is 2. The molecule has 0 fully saturated rings. The normalized spacial score (nSPS) is 10.7. The van der Waals surface area contributed by atoms with E-state index in [9.17, 15) is 4.79 Å². The monoisotopic (exact) mass is 236 g/mol. The molecule has 0 saturated heterocycles. The lowest BCUT2D eigenvalue weighted by Crippen LogP contribution is -2.05. The molecule has 0 bridgehead atoms. The van der Waals surface area contributed by atoms with Crippen LogP contribution in [-0.2, 0) is 0 Å². The predicted octanol–water partition coefficient (Wildman–Crippen LogP) is 3.23. The predicted molar refractivity (Wildman–Crippen MR) is 71.1 cm³/mol. The van der Waals surface area contributed by atoms with Gasteiger partial charge < -0.3 is 0 Å². The van der Waals surface area contributed by atoms with E-state index in [1.54, 1.807) is 6.92 Å². The first-order chi connectivity index (χ1) is 8.77. The summed E-state index contributed by atoms with van der Waals surface area (Å²) in [7, 11) is 0. The van der Waals surface area contributed by atoms with Crippen LogP contribution in [0.15, 0.2) is 54.6 Å². The van der Waals surface area contributed by atoms with Crippen molar-refractivity contribution in [3.63, 3.8) is 0 Å². The summed E-state index contributed by atoms with van der Waals surface area (Å²) in [6, 6.07) is 17.6. The summed E-state index contributed by atoms with van der Waals surface area (Å²) in [5.41, 5.74) is 2.75. The number of fused-ring (bicyclic) bond motifs is 1. The van der Waals surface area contributed by atoms with Crippen molar-refractivity contribution in [2.75, 3.05) is 0 Å². The van der Waals surface area contributed by atoms with Crippen molar-refractivity contribution in [3.05, 3.63) is 60.4 Å². The SMILES string of the molecule is CC(=O)c1nc2ccccc2n1-c1ccccc1. The molecule has 0 spiro atoms. The van der Waals surface area contributed by atoms with E-state index in [0.29, 0.717) is 5.82 Å². The molecule has 0 atom stereocenters. The minimum Gasteiger partial charge on any atom is -0.291 e. The standard InChI is InChI=1S/C15H12N2O/c1-11(18)15-16-13-9-5-6-10-14(13)17(15)12-7-3-2-4-8-12/h2-10H,1H3. The number of carbonyl (C=O) groups is 1. The molecular formula is C15H12N2O. The van der Waals surface area contributed by atoms with E-state index >= 15 is 0 Å². The Hall–Kier alpha value is -2.42. The zero-order valence-electron chi connectivity index (χ0n) is 10.00. The van der Waals surface area contributed by atoms with Crippen LogP contribution in [0.4, 0.5) is 0 Å². The summed E-state index contributed by atoms with van der Waals surface area (Å²) in [6.45, 7) is 1.54. The summed E-state index contributed by atoms with van der Waals surface area (Å²) >= 11 is 0. The molecule has 3 aromatic rings. The highest BCUT2D eigenvalue weighted by Crippen LogP contribution is 2.21. The van der Waals surface area contributed by atoms with Crippen molar-refractivity contribution >= 4 is 16.8 Å². The Labute approximate surface area is 105 Å². The highest BCUT2D eigenvalue weighted by atomic mass is 16.1. The number of rotatable bonds is 2. The van der Waals surface area contributed by atoms with Crippen LogP contribution in [0.5, 0.6) is 0 Å². The minimum atomic E-state index is -0.0324. The first-order valence-corrected chi connectivity index (χ1v) is 5.81. The van der Waals surface area contributed by atoms with Gasteiger partial charge in [-0.15, -0.1) is 0 Å². The Morgan fingerprint density at radius 2 is 1.67 bits per heavy atom. The fourth-order valence-electron chi connectivity index (χ4n) is 2.10. The minimum absolute atomic E-state index is 0.0324. The molecule has 3 rings (SSSR count). The van der Waals surface area contributed by atoms with Gasteiger partial charge in [-0.25, -0.2) is 4.98 Å². The molecule has 2 aromatic carbocycles. The van der Waals surface area contributed by atoms with Crippen molar-refractivity contribution < 1.29 is 4.79 Å². The lowest BCUT2D eigenvalue weighted by Gasteiger charge is -2.06. The number of aromatic nitrogens is 2. The maximum Gasteiger partial charge on any atom is 0.195 e. The van der Waals surface area contributed by atoms with Crippen LogP contribution in [0.1, 0.15) is 17.5 Å². The largest absolute Gasteiger partial charge is 0.291 e. The van der Waals surface area contributed by atoms with Gasteiger partial charge in [-0.05, 0) is 24.3 Å². The smallest absolute Gasteiger partial charge is 0.195 e. The van der Waals surface area contributed by atoms with E-state index in [-0.39, 0.29) is 5.78 Å². The van der Waals surface area contributed by atoms with Gasteiger partial charge in [0.1, 0.15) is 0 Å². The second-order valence-electron chi connectivity index (χ2n) is 4.15. The average Bonchev–Trinajstić information content (AvgIpc) is 2.79. The molecule has 0 N–H and O–H groups in total. The van der Waals surface area contributed by atoms with E-state index in [1.807, 2.05) is 59.2 Å². The molecule has 0 aliphatic heterocycles. The van der Waals surface area contributed by atoms with Gasteiger partial charge in [-0.3, -0.25) is 9.36 Å². The lowest BCUT2D eigenvalue weighted by molar-refractivity contribution is 0.100. The number of ketones is 1. The second-order valence-corrected chi connectivity index (χ2v) is 4.15. The number of hydrogen-bond acceptors (Lipinski definition) is 2. The Bertz CT molecular complexity index is 714. The number of para-hydroxylation sites is 3. The molecule has 3 nitrogen and oxygen atoms in total. The molecule has 1 heterocycles. The molecule has 0 amide bonds. The number of nitrogens with zero attached hydrogens (tertiary/aromatic N) is 2. The van der Waals surface area contributed by atoms with Crippen LogP contribution in [0.25, 0.3) is 16.7 Å². The van der Waals surface area contributed by atoms with Crippen LogP contribution in [-0.4, -0.2) is 15.3 Å². The summed E-state index contributed by atoms with van der Waals surface area (Å²) < 4.78 is 1.90. The highest BCUT2D eigenvalue weighted by Gasteiger charge is 2.14. The van der Waals surface area contributed by atoms with Crippen LogP contribution in [0.2, 0.25) is 0 Å². The Kier molecular flexibility index (Phi) is 2.45. The van der Waals surface area contributed by atoms with Crippen LogP contribution < -0.4 is 0 Å². The van der Waals surface area contributed by atoms with Crippen molar-refractivity contribution in [2.24, 2.45) is 0 Å². The van der Waals surface area contributed by atoms with Gasteiger partial charge in [-0.2, -0.15) is 0 Å². The Balaban J connectivity index is 2.38. The van der Waals surface area contributed by atoms with E-state index in [4.69, 9.17) is 0 Å². The zero-order valence-corrected chi connectivity index (χ0v) is 10.00. The third-order valence-electron chi connectivity index (χ3n) is 2.89. The maximum absolute atomic E-state index is 11.7. The molecule has 0 aliphatic carbocycles. The average molecular weight is 236 g/mol. The highest BCUT2D eigenvalue weighted by molar-refractivity contribution is 5.95.